The molecule has 1 aliphatic heterocycles. The Hall–Kier alpha value is -1.71. The minimum Gasteiger partial charge on any atom is -0.348 e. The first-order chi connectivity index (χ1) is 14.5. The van der Waals surface area contributed by atoms with Crippen molar-refractivity contribution in [3.05, 3.63) is 65.7 Å². The first kappa shape index (κ1) is 21.5. The van der Waals surface area contributed by atoms with Crippen LogP contribution in [0.2, 0.25) is 0 Å². The SMILES string of the molecule is Cc1ccc(S(=O)C(Cl)C2(C(C#N)c3ccccc3)CCC3(CC2)OCCO3)cc1. The molecular weight excluding hydrogens is 418 g/mol. The van der Waals surface area contributed by atoms with Crippen molar-refractivity contribution in [2.45, 2.75) is 53.9 Å². The van der Waals surface area contributed by atoms with Gasteiger partial charge in [-0.25, -0.2) is 0 Å². The molecule has 0 aromatic heterocycles. The van der Waals surface area contributed by atoms with E-state index in [1.54, 1.807) is 0 Å². The maximum Gasteiger partial charge on any atom is 0.168 e. The summed E-state index contributed by atoms with van der Waals surface area (Å²) in [4.78, 5) is 0.693. The standard InChI is InChI=1S/C24H26ClNO3S/c1-18-7-9-20(10-8-18)30(27)22(25)23(21(17-26)19-5-3-2-4-6-19)11-13-24(14-12-23)28-15-16-29-24/h2-10,21-22H,11-16H2,1H3. The average molecular weight is 444 g/mol. The quantitative estimate of drug-likeness (QED) is 0.590. The topological polar surface area (TPSA) is 59.3 Å². The number of hydrogen-bond acceptors (Lipinski definition) is 4. The summed E-state index contributed by atoms with van der Waals surface area (Å²) in [5.41, 5.74) is 1.37. The van der Waals surface area contributed by atoms with E-state index in [-0.39, 0.29) is 0 Å². The first-order valence-electron chi connectivity index (χ1n) is 10.3. The molecule has 2 aromatic rings. The van der Waals surface area contributed by atoms with Crippen LogP contribution in [0.5, 0.6) is 0 Å². The smallest absolute Gasteiger partial charge is 0.168 e. The van der Waals surface area contributed by atoms with Crippen molar-refractivity contribution >= 4 is 22.4 Å². The molecule has 0 radical (unpaired) electrons. The fraction of sp³-hybridized carbons (Fsp3) is 0.458. The molecule has 0 N–H and O–H groups in total. The number of aryl methyl sites for hydroxylation is 1. The Balaban J connectivity index is 1.71. The number of rotatable bonds is 5. The van der Waals surface area contributed by atoms with Crippen LogP contribution in [0.15, 0.2) is 59.5 Å². The Morgan fingerprint density at radius 1 is 1.00 bits per heavy atom. The molecule has 1 saturated heterocycles. The van der Waals surface area contributed by atoms with Gasteiger partial charge in [0.05, 0.1) is 36.0 Å². The molecule has 3 atom stereocenters. The van der Waals surface area contributed by atoms with Crippen LogP contribution in [0.4, 0.5) is 0 Å². The molecule has 6 heteroatoms. The van der Waals surface area contributed by atoms with Crippen molar-refractivity contribution in [3.63, 3.8) is 0 Å². The van der Waals surface area contributed by atoms with Gasteiger partial charge in [0, 0.05) is 23.2 Å². The third-order valence-electron chi connectivity index (χ3n) is 6.49. The minimum absolute atomic E-state index is 0.464. The van der Waals surface area contributed by atoms with Crippen molar-refractivity contribution in [1.29, 1.82) is 5.26 Å². The van der Waals surface area contributed by atoms with Crippen molar-refractivity contribution in [2.24, 2.45) is 5.41 Å². The van der Waals surface area contributed by atoms with Crippen LogP contribution in [-0.2, 0) is 20.3 Å². The number of benzene rings is 2. The van der Waals surface area contributed by atoms with Gasteiger partial charge in [-0.05, 0) is 37.5 Å². The van der Waals surface area contributed by atoms with Crippen molar-refractivity contribution in [1.82, 2.24) is 0 Å². The van der Waals surface area contributed by atoms with E-state index < -0.39 is 32.6 Å². The van der Waals surface area contributed by atoms with Crippen LogP contribution in [-0.4, -0.2) is 27.9 Å². The molecule has 30 heavy (non-hydrogen) atoms. The highest BCUT2D eigenvalue weighted by Crippen LogP contribution is 2.56. The lowest BCUT2D eigenvalue weighted by molar-refractivity contribution is -0.191. The highest BCUT2D eigenvalue weighted by molar-refractivity contribution is 7.87. The number of alkyl halides is 1. The highest BCUT2D eigenvalue weighted by atomic mass is 35.5. The van der Waals surface area contributed by atoms with Crippen LogP contribution in [0.3, 0.4) is 0 Å². The molecule has 1 aliphatic carbocycles. The second-order valence-electron chi connectivity index (χ2n) is 8.24. The van der Waals surface area contributed by atoms with Gasteiger partial charge in [-0.15, -0.1) is 11.6 Å². The number of halogens is 1. The van der Waals surface area contributed by atoms with E-state index in [9.17, 15) is 9.47 Å². The maximum absolute atomic E-state index is 13.5. The van der Waals surface area contributed by atoms with E-state index in [0.29, 0.717) is 43.8 Å². The summed E-state index contributed by atoms with van der Waals surface area (Å²) in [5, 5.41) is 10.2. The van der Waals surface area contributed by atoms with E-state index in [1.165, 1.54) is 0 Å². The molecule has 4 nitrogen and oxygen atoms in total. The van der Waals surface area contributed by atoms with Crippen LogP contribution in [0.25, 0.3) is 0 Å². The molecule has 2 aliphatic rings. The fourth-order valence-electron chi connectivity index (χ4n) is 4.71. The third kappa shape index (κ3) is 3.94. The summed E-state index contributed by atoms with van der Waals surface area (Å²) in [6.07, 6.45) is 2.52. The highest BCUT2D eigenvalue weighted by Gasteiger charge is 2.55. The Kier molecular flexibility index (Phi) is 6.31. The summed E-state index contributed by atoms with van der Waals surface area (Å²) < 4.78 is 24.6. The molecular formula is C24H26ClNO3S. The largest absolute Gasteiger partial charge is 0.348 e. The van der Waals surface area contributed by atoms with Crippen molar-refractivity contribution in [3.8, 4) is 6.07 Å². The summed E-state index contributed by atoms with van der Waals surface area (Å²) >= 11 is 7.03. The second kappa shape index (κ2) is 8.80. The molecule has 1 saturated carbocycles. The molecule has 0 amide bonds. The zero-order chi connectivity index (χ0) is 21.2. The van der Waals surface area contributed by atoms with Gasteiger partial charge in [0.15, 0.2) is 5.79 Å². The van der Waals surface area contributed by atoms with Gasteiger partial charge in [-0.1, -0.05) is 48.0 Å². The molecule has 2 fully saturated rings. The van der Waals surface area contributed by atoms with Crippen LogP contribution in [0, 0.1) is 23.7 Å². The van der Waals surface area contributed by atoms with E-state index in [4.69, 9.17) is 21.1 Å². The first-order valence-corrected chi connectivity index (χ1v) is 12.0. The fourth-order valence-corrected chi connectivity index (χ4v) is 6.81. The predicted octanol–water partition coefficient (Wildman–Crippen LogP) is 5.28. The summed E-state index contributed by atoms with van der Waals surface area (Å²) in [5.74, 6) is -1.04. The molecule has 0 bridgehead atoms. The van der Waals surface area contributed by atoms with E-state index >= 15 is 0 Å². The van der Waals surface area contributed by atoms with Gasteiger partial charge < -0.3 is 9.47 Å². The Morgan fingerprint density at radius 2 is 1.60 bits per heavy atom. The predicted molar refractivity (Wildman–Crippen MR) is 118 cm³/mol. The van der Waals surface area contributed by atoms with Gasteiger partial charge in [0.25, 0.3) is 0 Å². The van der Waals surface area contributed by atoms with E-state index in [2.05, 4.69) is 6.07 Å². The number of ether oxygens (including phenoxy) is 2. The van der Waals surface area contributed by atoms with Gasteiger partial charge in [-0.3, -0.25) is 4.21 Å². The zero-order valence-corrected chi connectivity index (χ0v) is 18.6. The van der Waals surface area contributed by atoms with Gasteiger partial charge in [-0.2, -0.15) is 5.26 Å². The van der Waals surface area contributed by atoms with Gasteiger partial charge >= 0.3 is 0 Å². The molecule has 4 rings (SSSR count). The lowest BCUT2D eigenvalue weighted by Crippen LogP contribution is -2.48. The molecule has 3 unspecified atom stereocenters. The monoisotopic (exact) mass is 443 g/mol. The minimum atomic E-state index is -1.45. The zero-order valence-electron chi connectivity index (χ0n) is 17.1. The van der Waals surface area contributed by atoms with E-state index in [1.807, 2.05) is 61.5 Å². The summed E-state index contributed by atoms with van der Waals surface area (Å²) in [7, 11) is -1.45. The van der Waals surface area contributed by atoms with E-state index in [0.717, 1.165) is 11.1 Å². The molecule has 158 valence electrons. The second-order valence-corrected chi connectivity index (χ2v) is 10.5. The van der Waals surface area contributed by atoms with Crippen molar-refractivity contribution < 1.29 is 13.7 Å². The Bertz CT molecular complexity index is 925. The Morgan fingerprint density at radius 3 is 2.17 bits per heavy atom. The summed E-state index contributed by atoms with van der Waals surface area (Å²) in [6.45, 7) is 3.18. The molecule has 1 spiro atoms. The lowest BCUT2D eigenvalue weighted by atomic mass is 9.64. The third-order valence-corrected chi connectivity index (χ3v) is 8.99. The number of nitrogens with zero attached hydrogens (tertiary/aromatic N) is 1. The normalized spacial score (nSPS) is 22.8. The lowest BCUT2D eigenvalue weighted by Gasteiger charge is -2.48. The number of hydrogen-bond donors (Lipinski definition) is 0. The summed E-state index contributed by atoms with van der Waals surface area (Å²) in [6, 6.07) is 19.8. The van der Waals surface area contributed by atoms with Crippen LogP contribution < -0.4 is 0 Å². The number of nitriles is 1. The van der Waals surface area contributed by atoms with Gasteiger partial charge in [0.1, 0.15) is 4.71 Å². The average Bonchev–Trinajstić information content (AvgIpc) is 3.24. The van der Waals surface area contributed by atoms with Crippen molar-refractivity contribution in [2.75, 3.05) is 13.2 Å². The van der Waals surface area contributed by atoms with Gasteiger partial charge in [0.2, 0.25) is 0 Å². The Labute approximate surface area is 185 Å². The van der Waals surface area contributed by atoms with Crippen LogP contribution in [0.1, 0.15) is 42.7 Å². The maximum atomic E-state index is 13.5. The molecule has 2 aromatic carbocycles. The van der Waals surface area contributed by atoms with Crippen LogP contribution >= 0.6 is 11.6 Å². The molecule has 1 heterocycles.